The fourth-order valence-corrected chi connectivity index (χ4v) is 4.90. The second-order valence-corrected chi connectivity index (χ2v) is 8.40. The van der Waals surface area contributed by atoms with Crippen molar-refractivity contribution >= 4 is 0 Å². The van der Waals surface area contributed by atoms with Gasteiger partial charge < -0.3 is 9.47 Å². The maximum atomic E-state index is 12.2. The number of ether oxygens (including phenoxy) is 2. The van der Waals surface area contributed by atoms with Gasteiger partial charge in [0.2, 0.25) is 0 Å². The molecule has 0 aliphatic heterocycles. The average Bonchev–Trinajstić information content (AvgIpc) is 2.67. The van der Waals surface area contributed by atoms with Crippen LogP contribution in [-0.4, -0.2) is 13.0 Å². The lowest BCUT2D eigenvalue weighted by Crippen LogP contribution is -2.35. The van der Waals surface area contributed by atoms with Gasteiger partial charge in [0.25, 0.3) is 0 Å². The van der Waals surface area contributed by atoms with E-state index in [0.717, 1.165) is 18.3 Å². The van der Waals surface area contributed by atoms with Crippen LogP contribution in [0.25, 0.3) is 0 Å². The van der Waals surface area contributed by atoms with Crippen molar-refractivity contribution in [2.45, 2.75) is 77.5 Å². The van der Waals surface area contributed by atoms with E-state index < -0.39 is 6.36 Å². The fourth-order valence-electron chi connectivity index (χ4n) is 4.90. The van der Waals surface area contributed by atoms with Gasteiger partial charge in [-0.05, 0) is 68.2 Å². The first-order valence-electron chi connectivity index (χ1n) is 10.4. The van der Waals surface area contributed by atoms with Gasteiger partial charge in [0.15, 0.2) is 0 Å². The van der Waals surface area contributed by atoms with Gasteiger partial charge in [-0.2, -0.15) is 0 Å². The van der Waals surface area contributed by atoms with E-state index in [4.69, 9.17) is 4.74 Å². The highest BCUT2D eigenvalue weighted by molar-refractivity contribution is 5.31. The van der Waals surface area contributed by atoms with E-state index in [-0.39, 0.29) is 11.2 Å². The summed E-state index contributed by atoms with van der Waals surface area (Å²) in [5.74, 6) is 2.19. The van der Waals surface area contributed by atoms with Gasteiger partial charge in [0.1, 0.15) is 11.5 Å². The van der Waals surface area contributed by atoms with Gasteiger partial charge in [0, 0.05) is 5.41 Å². The summed E-state index contributed by atoms with van der Waals surface area (Å²) in [4.78, 5) is 0. The zero-order valence-electron chi connectivity index (χ0n) is 16.2. The van der Waals surface area contributed by atoms with E-state index in [1.54, 1.807) is 12.1 Å². The van der Waals surface area contributed by atoms with Gasteiger partial charge >= 0.3 is 6.36 Å². The number of hydrogen-bond donors (Lipinski definition) is 0. The molecule has 2 aliphatic rings. The molecule has 3 rings (SSSR count). The Morgan fingerprint density at radius 3 is 2.00 bits per heavy atom. The molecule has 0 saturated heterocycles. The summed E-state index contributed by atoms with van der Waals surface area (Å²) in [6.45, 7) is 2.87. The fraction of sp³-hybridized carbons (Fsp3) is 0.727. The number of halogens is 3. The molecule has 0 radical (unpaired) electrons. The standard InChI is InChI=1S/C22H31F3O2/c1-2-21(14-12-18(13-15-21)17-6-4-3-5-7-17)16-26-19-8-10-20(11-9-19)27-22(23,24)25/h8-11,17-18H,2-7,12-16H2,1H3. The van der Waals surface area contributed by atoms with Gasteiger partial charge in [-0.15, -0.1) is 13.2 Å². The molecule has 0 amide bonds. The molecule has 2 saturated carbocycles. The highest BCUT2D eigenvalue weighted by atomic mass is 19.4. The Morgan fingerprint density at radius 1 is 0.889 bits per heavy atom. The SMILES string of the molecule is CCC1(COc2ccc(OC(F)(F)F)cc2)CCC(C2CCCCC2)CC1. The van der Waals surface area contributed by atoms with Crippen molar-refractivity contribution in [3.8, 4) is 11.5 Å². The zero-order chi connectivity index (χ0) is 19.3. The Hall–Kier alpha value is -1.39. The number of hydrogen-bond acceptors (Lipinski definition) is 2. The van der Waals surface area contributed by atoms with Crippen molar-refractivity contribution in [2.75, 3.05) is 6.61 Å². The van der Waals surface area contributed by atoms with Gasteiger partial charge in [-0.25, -0.2) is 0 Å². The third-order valence-electron chi connectivity index (χ3n) is 6.76. The molecule has 0 spiro atoms. The van der Waals surface area contributed by atoms with Crippen molar-refractivity contribution in [1.82, 2.24) is 0 Å². The lowest BCUT2D eigenvalue weighted by molar-refractivity contribution is -0.274. The predicted molar refractivity (Wildman–Crippen MR) is 99.9 cm³/mol. The smallest absolute Gasteiger partial charge is 0.493 e. The first-order chi connectivity index (χ1) is 12.9. The van der Waals surface area contributed by atoms with Crippen LogP contribution >= 0.6 is 0 Å². The van der Waals surface area contributed by atoms with Crippen LogP contribution in [0, 0.1) is 17.3 Å². The lowest BCUT2D eigenvalue weighted by Gasteiger charge is -2.42. The van der Waals surface area contributed by atoms with Crippen LogP contribution in [0.3, 0.4) is 0 Å². The first kappa shape index (κ1) is 20.3. The van der Waals surface area contributed by atoms with E-state index in [0.29, 0.717) is 12.4 Å². The van der Waals surface area contributed by atoms with Crippen LogP contribution in [0.1, 0.15) is 71.1 Å². The average molecular weight is 384 g/mol. The molecule has 2 fully saturated rings. The monoisotopic (exact) mass is 384 g/mol. The summed E-state index contributed by atoms with van der Waals surface area (Å²) in [7, 11) is 0. The van der Waals surface area contributed by atoms with Crippen molar-refractivity contribution in [3.63, 3.8) is 0 Å². The maximum absolute atomic E-state index is 12.2. The minimum absolute atomic E-state index is 0.201. The van der Waals surface area contributed by atoms with Crippen LogP contribution in [-0.2, 0) is 0 Å². The third kappa shape index (κ3) is 5.79. The Bertz CT molecular complexity index is 568. The molecule has 0 heterocycles. The Labute approximate surface area is 160 Å². The van der Waals surface area contributed by atoms with Crippen LogP contribution in [0.5, 0.6) is 11.5 Å². The molecule has 5 heteroatoms. The van der Waals surface area contributed by atoms with E-state index in [1.807, 2.05) is 0 Å². The second kappa shape index (κ2) is 8.74. The molecule has 0 aromatic heterocycles. The Balaban J connectivity index is 1.50. The summed E-state index contributed by atoms with van der Waals surface area (Å²) in [5.41, 5.74) is 0.201. The molecule has 2 aliphatic carbocycles. The Morgan fingerprint density at radius 2 is 1.44 bits per heavy atom. The third-order valence-corrected chi connectivity index (χ3v) is 6.76. The lowest BCUT2D eigenvalue weighted by atomic mass is 9.64. The molecule has 27 heavy (non-hydrogen) atoms. The Kier molecular flexibility index (Phi) is 6.59. The molecule has 0 bridgehead atoms. The molecule has 0 N–H and O–H groups in total. The highest BCUT2D eigenvalue weighted by Crippen LogP contribution is 2.46. The quantitative estimate of drug-likeness (QED) is 0.519. The molecular formula is C22H31F3O2. The van der Waals surface area contributed by atoms with E-state index in [1.165, 1.54) is 69.9 Å². The van der Waals surface area contributed by atoms with E-state index in [9.17, 15) is 13.2 Å². The number of benzene rings is 1. The van der Waals surface area contributed by atoms with Gasteiger partial charge in [0.05, 0.1) is 6.61 Å². The van der Waals surface area contributed by atoms with Crippen molar-refractivity contribution in [1.29, 1.82) is 0 Å². The van der Waals surface area contributed by atoms with E-state index in [2.05, 4.69) is 11.7 Å². The highest BCUT2D eigenvalue weighted by Gasteiger charge is 2.37. The molecular weight excluding hydrogens is 353 g/mol. The topological polar surface area (TPSA) is 18.5 Å². The number of alkyl halides is 3. The van der Waals surface area contributed by atoms with Crippen molar-refractivity contribution in [2.24, 2.45) is 17.3 Å². The molecule has 1 aromatic carbocycles. The molecule has 0 atom stereocenters. The first-order valence-corrected chi connectivity index (χ1v) is 10.4. The zero-order valence-corrected chi connectivity index (χ0v) is 16.2. The molecule has 0 unspecified atom stereocenters. The van der Waals surface area contributed by atoms with E-state index >= 15 is 0 Å². The summed E-state index contributed by atoms with van der Waals surface area (Å²) in [6.07, 6.45) is 8.42. The van der Waals surface area contributed by atoms with Gasteiger partial charge in [-0.3, -0.25) is 0 Å². The largest absolute Gasteiger partial charge is 0.573 e. The van der Waals surface area contributed by atoms with Crippen molar-refractivity contribution < 1.29 is 22.6 Å². The van der Waals surface area contributed by atoms with Gasteiger partial charge in [-0.1, -0.05) is 39.0 Å². The summed E-state index contributed by atoms with van der Waals surface area (Å²) >= 11 is 0. The number of rotatable bonds is 6. The summed E-state index contributed by atoms with van der Waals surface area (Å²) < 4.78 is 46.6. The van der Waals surface area contributed by atoms with Crippen LogP contribution in [0.15, 0.2) is 24.3 Å². The second-order valence-electron chi connectivity index (χ2n) is 8.40. The molecule has 1 aromatic rings. The summed E-state index contributed by atoms with van der Waals surface area (Å²) in [6, 6.07) is 5.72. The molecule has 2 nitrogen and oxygen atoms in total. The van der Waals surface area contributed by atoms with Crippen LogP contribution in [0.4, 0.5) is 13.2 Å². The van der Waals surface area contributed by atoms with Crippen molar-refractivity contribution in [3.05, 3.63) is 24.3 Å². The minimum atomic E-state index is -4.66. The normalized spacial score (nSPS) is 27.3. The van der Waals surface area contributed by atoms with Crippen LogP contribution < -0.4 is 9.47 Å². The minimum Gasteiger partial charge on any atom is -0.493 e. The maximum Gasteiger partial charge on any atom is 0.573 e. The predicted octanol–water partition coefficient (Wildman–Crippen LogP) is 7.13. The summed E-state index contributed by atoms with van der Waals surface area (Å²) in [5, 5.41) is 0. The van der Waals surface area contributed by atoms with Crippen LogP contribution in [0.2, 0.25) is 0 Å². The molecule has 152 valence electrons.